The molecule has 4 nitrogen and oxygen atoms in total. The number of hydrogen-bond acceptors (Lipinski definition) is 5. The van der Waals surface area contributed by atoms with Gasteiger partial charge in [-0.1, -0.05) is 39.0 Å². The van der Waals surface area contributed by atoms with Crippen molar-refractivity contribution in [2.24, 2.45) is 0 Å². The van der Waals surface area contributed by atoms with Crippen molar-refractivity contribution in [1.82, 2.24) is 4.98 Å². The highest BCUT2D eigenvalue weighted by molar-refractivity contribution is 7.13. The molecule has 0 N–H and O–H groups in total. The molecule has 1 aromatic heterocycles. The molecule has 0 saturated heterocycles. The van der Waals surface area contributed by atoms with Crippen LogP contribution in [0.25, 0.3) is 0 Å². The Morgan fingerprint density at radius 3 is 2.61 bits per heavy atom. The fraction of sp³-hybridized carbons (Fsp3) is 0.444. The minimum Gasteiger partial charge on any atom is -0.486 e. The maximum Gasteiger partial charge on any atom is 0.350 e. The highest BCUT2D eigenvalue weighted by Crippen LogP contribution is 2.31. The SMILES string of the molecule is CCOC(=O)c1sc(COc2ccccc2C(C)(C)C)nc1C. The predicted octanol–water partition coefficient (Wildman–Crippen LogP) is 4.50. The number of aromatic nitrogens is 1. The first-order chi connectivity index (χ1) is 10.8. The first kappa shape index (κ1) is 17.5. The topological polar surface area (TPSA) is 48.4 Å². The Morgan fingerprint density at radius 1 is 1.26 bits per heavy atom. The molecule has 0 aliphatic carbocycles. The van der Waals surface area contributed by atoms with Gasteiger partial charge < -0.3 is 9.47 Å². The van der Waals surface area contributed by atoms with Gasteiger partial charge in [0, 0.05) is 0 Å². The van der Waals surface area contributed by atoms with Gasteiger partial charge in [-0.05, 0) is 30.9 Å². The minimum atomic E-state index is -0.316. The number of nitrogens with zero attached hydrogens (tertiary/aromatic N) is 1. The highest BCUT2D eigenvalue weighted by Gasteiger charge is 2.20. The number of ether oxygens (including phenoxy) is 2. The molecule has 0 fully saturated rings. The van der Waals surface area contributed by atoms with E-state index in [1.54, 1.807) is 6.92 Å². The van der Waals surface area contributed by atoms with Crippen molar-refractivity contribution in [3.05, 3.63) is 45.4 Å². The van der Waals surface area contributed by atoms with Crippen LogP contribution < -0.4 is 4.74 Å². The molecule has 0 bridgehead atoms. The van der Waals surface area contributed by atoms with Crippen LogP contribution in [0.5, 0.6) is 5.75 Å². The van der Waals surface area contributed by atoms with E-state index >= 15 is 0 Å². The average molecular weight is 333 g/mol. The Bertz CT molecular complexity index is 686. The zero-order valence-electron chi connectivity index (χ0n) is 14.3. The van der Waals surface area contributed by atoms with Crippen molar-refractivity contribution in [3.8, 4) is 5.75 Å². The molecule has 0 aliphatic heterocycles. The van der Waals surface area contributed by atoms with Crippen LogP contribution in [-0.4, -0.2) is 17.6 Å². The van der Waals surface area contributed by atoms with Crippen molar-refractivity contribution < 1.29 is 14.3 Å². The number of benzene rings is 1. The summed E-state index contributed by atoms with van der Waals surface area (Å²) >= 11 is 1.33. The minimum absolute atomic E-state index is 0.00544. The Balaban J connectivity index is 2.14. The zero-order chi connectivity index (χ0) is 17.0. The number of esters is 1. The van der Waals surface area contributed by atoms with Crippen molar-refractivity contribution >= 4 is 17.3 Å². The molecule has 2 aromatic rings. The molecule has 0 unspecified atom stereocenters. The van der Waals surface area contributed by atoms with Crippen LogP contribution >= 0.6 is 11.3 Å². The number of rotatable bonds is 5. The summed E-state index contributed by atoms with van der Waals surface area (Å²) in [4.78, 5) is 16.8. The smallest absolute Gasteiger partial charge is 0.350 e. The molecule has 0 aliphatic rings. The molecule has 0 atom stereocenters. The number of carbonyl (C=O) groups is 1. The Labute approximate surface area is 141 Å². The van der Waals surface area contributed by atoms with Crippen molar-refractivity contribution in [3.63, 3.8) is 0 Å². The molecular weight excluding hydrogens is 310 g/mol. The summed E-state index contributed by atoms with van der Waals surface area (Å²) in [5.41, 5.74) is 1.85. The van der Waals surface area contributed by atoms with E-state index < -0.39 is 0 Å². The second-order valence-electron chi connectivity index (χ2n) is 6.28. The highest BCUT2D eigenvalue weighted by atomic mass is 32.1. The quantitative estimate of drug-likeness (QED) is 0.756. The lowest BCUT2D eigenvalue weighted by Gasteiger charge is -2.22. The summed E-state index contributed by atoms with van der Waals surface area (Å²) in [5.74, 6) is 0.536. The number of thiazole rings is 1. The predicted molar refractivity (Wildman–Crippen MR) is 92.3 cm³/mol. The second-order valence-corrected chi connectivity index (χ2v) is 7.36. The molecule has 0 saturated carbocycles. The van der Waals surface area contributed by atoms with Gasteiger partial charge in [0.2, 0.25) is 0 Å². The fourth-order valence-corrected chi connectivity index (χ4v) is 3.12. The average Bonchev–Trinajstić information content (AvgIpc) is 2.86. The third kappa shape index (κ3) is 4.32. The standard InChI is InChI=1S/C18H23NO3S/c1-6-21-17(20)16-12(2)19-15(23-16)11-22-14-10-8-7-9-13(14)18(3,4)5/h7-10H,6,11H2,1-5H3. The van der Waals surface area contributed by atoms with E-state index in [0.717, 1.165) is 16.3 Å². The first-order valence-electron chi connectivity index (χ1n) is 7.68. The number of para-hydroxylation sites is 1. The van der Waals surface area contributed by atoms with Crippen LogP contribution in [0.15, 0.2) is 24.3 Å². The van der Waals surface area contributed by atoms with Crippen molar-refractivity contribution in [2.45, 2.75) is 46.6 Å². The third-order valence-corrected chi connectivity index (χ3v) is 4.46. The van der Waals surface area contributed by atoms with Gasteiger partial charge in [0.05, 0.1) is 12.3 Å². The van der Waals surface area contributed by atoms with E-state index in [4.69, 9.17) is 9.47 Å². The summed E-state index contributed by atoms with van der Waals surface area (Å²) in [7, 11) is 0. The van der Waals surface area contributed by atoms with Gasteiger partial charge in [-0.2, -0.15) is 0 Å². The lowest BCUT2D eigenvalue weighted by atomic mass is 9.86. The largest absolute Gasteiger partial charge is 0.486 e. The number of aryl methyl sites for hydroxylation is 1. The van der Waals surface area contributed by atoms with Crippen LogP contribution in [0, 0.1) is 6.92 Å². The van der Waals surface area contributed by atoms with Gasteiger partial charge in [0.25, 0.3) is 0 Å². The summed E-state index contributed by atoms with van der Waals surface area (Å²) < 4.78 is 11.0. The van der Waals surface area contributed by atoms with Crippen LogP contribution in [0.3, 0.4) is 0 Å². The normalized spacial score (nSPS) is 11.3. The molecule has 5 heteroatoms. The first-order valence-corrected chi connectivity index (χ1v) is 8.50. The molecular formula is C18H23NO3S. The summed E-state index contributed by atoms with van der Waals surface area (Å²) in [6, 6.07) is 8.02. The number of carbonyl (C=O) groups excluding carboxylic acids is 1. The zero-order valence-corrected chi connectivity index (χ0v) is 15.1. The number of hydrogen-bond donors (Lipinski definition) is 0. The molecule has 0 radical (unpaired) electrons. The van der Waals surface area contributed by atoms with E-state index in [2.05, 4.69) is 31.8 Å². The monoisotopic (exact) mass is 333 g/mol. The Morgan fingerprint density at radius 2 is 1.96 bits per heavy atom. The van der Waals surface area contributed by atoms with E-state index in [1.165, 1.54) is 11.3 Å². The lowest BCUT2D eigenvalue weighted by Crippen LogP contribution is -2.13. The van der Waals surface area contributed by atoms with Gasteiger partial charge in [-0.15, -0.1) is 11.3 Å². The summed E-state index contributed by atoms with van der Waals surface area (Å²) in [5, 5.41) is 0.772. The molecule has 2 rings (SSSR count). The van der Waals surface area contributed by atoms with Gasteiger partial charge in [-0.3, -0.25) is 0 Å². The van der Waals surface area contributed by atoms with E-state index in [-0.39, 0.29) is 11.4 Å². The Kier molecular flexibility index (Phi) is 5.42. The molecule has 23 heavy (non-hydrogen) atoms. The maximum absolute atomic E-state index is 11.8. The second kappa shape index (κ2) is 7.13. The van der Waals surface area contributed by atoms with Crippen LogP contribution in [0.2, 0.25) is 0 Å². The molecule has 0 amide bonds. The van der Waals surface area contributed by atoms with Gasteiger partial charge >= 0.3 is 5.97 Å². The van der Waals surface area contributed by atoms with Crippen molar-refractivity contribution in [2.75, 3.05) is 6.61 Å². The molecule has 0 spiro atoms. The lowest BCUT2D eigenvalue weighted by molar-refractivity contribution is 0.0531. The maximum atomic E-state index is 11.8. The van der Waals surface area contributed by atoms with Crippen molar-refractivity contribution in [1.29, 1.82) is 0 Å². The van der Waals surface area contributed by atoms with Crippen LogP contribution in [0.1, 0.15) is 53.6 Å². The molecule has 1 aromatic carbocycles. The van der Waals surface area contributed by atoms with E-state index in [0.29, 0.717) is 23.8 Å². The summed E-state index contributed by atoms with van der Waals surface area (Å²) in [6.07, 6.45) is 0. The van der Waals surface area contributed by atoms with Gasteiger partial charge in [0.15, 0.2) is 0 Å². The van der Waals surface area contributed by atoms with Crippen LogP contribution in [-0.2, 0) is 16.8 Å². The fourth-order valence-electron chi connectivity index (χ4n) is 2.25. The molecule has 124 valence electrons. The van der Waals surface area contributed by atoms with E-state index in [1.807, 2.05) is 25.1 Å². The summed E-state index contributed by atoms with van der Waals surface area (Å²) in [6.45, 7) is 10.8. The van der Waals surface area contributed by atoms with Gasteiger partial charge in [-0.25, -0.2) is 9.78 Å². The third-order valence-electron chi connectivity index (χ3n) is 3.35. The van der Waals surface area contributed by atoms with E-state index in [9.17, 15) is 4.79 Å². The van der Waals surface area contributed by atoms with Crippen LogP contribution in [0.4, 0.5) is 0 Å². The molecule has 1 heterocycles. The van der Waals surface area contributed by atoms with Gasteiger partial charge in [0.1, 0.15) is 22.2 Å². The Hall–Kier alpha value is -1.88.